The van der Waals surface area contributed by atoms with Crippen LogP contribution in [0, 0.1) is 13.8 Å². The molecule has 0 radical (unpaired) electrons. The minimum Gasteiger partial charge on any atom is -0.452 e. The van der Waals surface area contributed by atoms with E-state index in [0.29, 0.717) is 22.6 Å². The van der Waals surface area contributed by atoms with Gasteiger partial charge in [0.15, 0.2) is 6.61 Å². The maximum Gasteiger partial charge on any atom is 0.342 e. The molecule has 1 aromatic heterocycles. The summed E-state index contributed by atoms with van der Waals surface area (Å²) >= 11 is 0. The Labute approximate surface area is 174 Å². The number of nitrogens with zero attached hydrogens (tertiary/aromatic N) is 2. The first-order valence-corrected chi connectivity index (χ1v) is 9.61. The van der Waals surface area contributed by atoms with Crippen LogP contribution in [0.2, 0.25) is 0 Å². The van der Waals surface area contributed by atoms with E-state index in [1.807, 2.05) is 72.8 Å². The summed E-state index contributed by atoms with van der Waals surface area (Å²) in [5.74, 6) is -0.967. The molecule has 0 saturated heterocycles. The van der Waals surface area contributed by atoms with Crippen molar-refractivity contribution in [3.05, 3.63) is 89.7 Å². The average Bonchev–Trinajstić information content (AvgIpc) is 3.07. The molecule has 6 heteroatoms. The van der Waals surface area contributed by atoms with Crippen molar-refractivity contribution < 1.29 is 14.3 Å². The second-order valence-electron chi connectivity index (χ2n) is 6.94. The van der Waals surface area contributed by atoms with Crippen LogP contribution in [0.3, 0.4) is 0 Å². The molecule has 0 atom stereocenters. The molecule has 0 aliphatic carbocycles. The summed E-state index contributed by atoms with van der Waals surface area (Å²) in [4.78, 5) is 25.0. The van der Waals surface area contributed by atoms with Crippen LogP contribution in [0.1, 0.15) is 21.7 Å². The Hall–Kier alpha value is -3.93. The van der Waals surface area contributed by atoms with E-state index < -0.39 is 11.9 Å². The lowest BCUT2D eigenvalue weighted by molar-refractivity contribution is -0.119. The molecule has 1 heterocycles. The summed E-state index contributed by atoms with van der Waals surface area (Å²) in [5, 5.41) is 9.21. The Morgan fingerprint density at radius 3 is 2.43 bits per heavy atom. The molecule has 1 N–H and O–H groups in total. The van der Waals surface area contributed by atoms with Gasteiger partial charge in [-0.25, -0.2) is 9.48 Å². The highest BCUT2D eigenvalue weighted by Gasteiger charge is 2.21. The van der Waals surface area contributed by atoms with Gasteiger partial charge in [-0.2, -0.15) is 5.10 Å². The molecule has 4 aromatic rings. The lowest BCUT2D eigenvalue weighted by Gasteiger charge is -2.09. The highest BCUT2D eigenvalue weighted by atomic mass is 16.5. The van der Waals surface area contributed by atoms with Crippen molar-refractivity contribution in [2.24, 2.45) is 0 Å². The van der Waals surface area contributed by atoms with E-state index in [0.717, 1.165) is 16.5 Å². The largest absolute Gasteiger partial charge is 0.452 e. The molecule has 30 heavy (non-hydrogen) atoms. The van der Waals surface area contributed by atoms with Crippen LogP contribution in [0.25, 0.3) is 16.5 Å². The quantitative estimate of drug-likeness (QED) is 0.504. The fraction of sp³-hybridized carbons (Fsp3) is 0.125. The van der Waals surface area contributed by atoms with Crippen molar-refractivity contribution in [3.8, 4) is 5.69 Å². The van der Waals surface area contributed by atoms with E-state index >= 15 is 0 Å². The first-order valence-electron chi connectivity index (χ1n) is 9.61. The van der Waals surface area contributed by atoms with Gasteiger partial charge in [-0.05, 0) is 37.4 Å². The van der Waals surface area contributed by atoms with Gasteiger partial charge in [0, 0.05) is 11.1 Å². The molecule has 3 aromatic carbocycles. The highest BCUT2D eigenvalue weighted by molar-refractivity contribution is 6.03. The molecule has 4 rings (SSSR count). The zero-order valence-corrected chi connectivity index (χ0v) is 16.8. The number of benzene rings is 3. The topological polar surface area (TPSA) is 73.2 Å². The Kier molecular flexibility index (Phi) is 5.30. The number of carbonyl (C=O) groups excluding carboxylic acids is 2. The summed E-state index contributed by atoms with van der Waals surface area (Å²) in [7, 11) is 0. The average molecular weight is 399 g/mol. The fourth-order valence-electron chi connectivity index (χ4n) is 3.48. The summed E-state index contributed by atoms with van der Waals surface area (Å²) in [6, 6.07) is 23.0. The number of carbonyl (C=O) groups is 2. The fourth-order valence-corrected chi connectivity index (χ4v) is 3.48. The first-order chi connectivity index (χ1) is 14.5. The second-order valence-corrected chi connectivity index (χ2v) is 6.94. The van der Waals surface area contributed by atoms with E-state index in [-0.39, 0.29) is 6.61 Å². The Morgan fingerprint density at radius 1 is 0.933 bits per heavy atom. The van der Waals surface area contributed by atoms with Crippen molar-refractivity contribution in [1.82, 2.24) is 9.78 Å². The van der Waals surface area contributed by atoms with Gasteiger partial charge in [-0.1, -0.05) is 54.6 Å². The number of para-hydroxylation sites is 1. The molecule has 0 aliphatic rings. The summed E-state index contributed by atoms with van der Waals surface area (Å²) in [6.07, 6.45) is 0. The Balaban J connectivity index is 1.46. The number of nitrogens with one attached hydrogen (secondary N) is 1. The van der Waals surface area contributed by atoms with E-state index in [1.165, 1.54) is 0 Å². The van der Waals surface area contributed by atoms with Crippen molar-refractivity contribution in [3.63, 3.8) is 0 Å². The number of aryl methyl sites for hydroxylation is 1. The lowest BCUT2D eigenvalue weighted by atomic mass is 10.1. The molecule has 0 aliphatic heterocycles. The molecule has 0 spiro atoms. The molecule has 0 unspecified atom stereocenters. The van der Waals surface area contributed by atoms with Gasteiger partial charge in [0.25, 0.3) is 5.91 Å². The zero-order valence-electron chi connectivity index (χ0n) is 16.8. The van der Waals surface area contributed by atoms with Crippen LogP contribution in [-0.4, -0.2) is 28.3 Å². The van der Waals surface area contributed by atoms with E-state index in [2.05, 4.69) is 10.4 Å². The number of hydrogen-bond acceptors (Lipinski definition) is 4. The van der Waals surface area contributed by atoms with Crippen molar-refractivity contribution >= 4 is 28.3 Å². The lowest BCUT2D eigenvalue weighted by Crippen LogP contribution is -2.21. The van der Waals surface area contributed by atoms with Gasteiger partial charge in [0.05, 0.1) is 17.1 Å². The molecule has 1 amide bonds. The zero-order chi connectivity index (χ0) is 21.1. The van der Waals surface area contributed by atoms with Gasteiger partial charge < -0.3 is 10.1 Å². The number of fused-ring (bicyclic) bond motifs is 1. The number of hydrogen-bond donors (Lipinski definition) is 1. The first kappa shape index (κ1) is 19.4. The van der Waals surface area contributed by atoms with Gasteiger partial charge in [0.1, 0.15) is 5.56 Å². The van der Waals surface area contributed by atoms with Crippen molar-refractivity contribution in [1.29, 1.82) is 0 Å². The maximum atomic E-state index is 12.6. The molecule has 0 fully saturated rings. The molecule has 150 valence electrons. The van der Waals surface area contributed by atoms with Gasteiger partial charge in [0.2, 0.25) is 0 Å². The predicted molar refractivity (Wildman–Crippen MR) is 116 cm³/mol. The van der Waals surface area contributed by atoms with Gasteiger partial charge >= 0.3 is 5.97 Å². The standard InChI is InChI=1S/C24H21N3O3/c1-16-23(17(2)27(26-16)19-11-4-3-5-12-19)24(29)30-15-22(28)25-21-14-8-10-18-9-6-7-13-20(18)21/h3-14H,15H2,1-2H3,(H,25,28). The maximum absolute atomic E-state index is 12.6. The molecular formula is C24H21N3O3. The van der Waals surface area contributed by atoms with Crippen molar-refractivity contribution in [2.45, 2.75) is 13.8 Å². The number of ether oxygens (including phenoxy) is 1. The van der Waals surface area contributed by atoms with Crippen molar-refractivity contribution in [2.75, 3.05) is 11.9 Å². The van der Waals surface area contributed by atoms with E-state index in [4.69, 9.17) is 4.74 Å². The van der Waals surface area contributed by atoms with Gasteiger partial charge in [-0.15, -0.1) is 0 Å². The van der Waals surface area contributed by atoms with Crippen LogP contribution in [-0.2, 0) is 9.53 Å². The van der Waals surface area contributed by atoms with Crippen LogP contribution < -0.4 is 5.32 Å². The van der Waals surface area contributed by atoms with Gasteiger partial charge in [-0.3, -0.25) is 4.79 Å². The number of esters is 1. The third kappa shape index (κ3) is 3.80. The summed E-state index contributed by atoms with van der Waals surface area (Å²) in [6.45, 7) is 3.18. The summed E-state index contributed by atoms with van der Waals surface area (Å²) < 4.78 is 6.98. The van der Waals surface area contributed by atoms with E-state index in [1.54, 1.807) is 18.5 Å². The van der Waals surface area contributed by atoms with E-state index in [9.17, 15) is 9.59 Å². The molecular weight excluding hydrogens is 378 g/mol. The smallest absolute Gasteiger partial charge is 0.342 e. The van der Waals surface area contributed by atoms with Crippen LogP contribution in [0.4, 0.5) is 5.69 Å². The third-order valence-electron chi connectivity index (χ3n) is 4.89. The minimum absolute atomic E-state index is 0.372. The normalized spacial score (nSPS) is 10.7. The molecule has 0 saturated carbocycles. The predicted octanol–water partition coefficient (Wildman–Crippen LogP) is 4.44. The Bertz CT molecular complexity index is 1220. The SMILES string of the molecule is Cc1nn(-c2ccccc2)c(C)c1C(=O)OCC(=O)Nc1cccc2ccccc12. The second kappa shape index (κ2) is 8.21. The van der Waals surface area contributed by atoms with Crippen LogP contribution >= 0.6 is 0 Å². The number of anilines is 1. The minimum atomic E-state index is -0.569. The monoisotopic (exact) mass is 399 g/mol. The number of rotatable bonds is 5. The Morgan fingerprint density at radius 2 is 1.63 bits per heavy atom. The molecule has 0 bridgehead atoms. The van der Waals surface area contributed by atoms with Crippen LogP contribution in [0.15, 0.2) is 72.8 Å². The third-order valence-corrected chi connectivity index (χ3v) is 4.89. The summed E-state index contributed by atoms with van der Waals surface area (Å²) in [5.41, 5.74) is 3.12. The number of amides is 1. The highest BCUT2D eigenvalue weighted by Crippen LogP contribution is 2.23. The van der Waals surface area contributed by atoms with Crippen LogP contribution in [0.5, 0.6) is 0 Å². The molecule has 6 nitrogen and oxygen atoms in total. The number of aromatic nitrogens is 2.